The second kappa shape index (κ2) is 17.5. The van der Waals surface area contributed by atoms with E-state index in [1.165, 1.54) is 4.90 Å². The second-order valence-corrected chi connectivity index (χ2v) is 13.9. The molecule has 10 nitrogen and oxygen atoms in total. The molecule has 1 aromatic heterocycles. The predicted molar refractivity (Wildman–Crippen MR) is 188 cm³/mol. The summed E-state index contributed by atoms with van der Waals surface area (Å²) in [7, 11) is 0. The average molecular weight is 709 g/mol. The van der Waals surface area contributed by atoms with Crippen molar-refractivity contribution in [3.05, 3.63) is 89.9 Å². The Hall–Kier alpha value is -4.62. The fourth-order valence-electron chi connectivity index (χ4n) is 6.33. The molecule has 3 aromatic rings. The molecule has 0 unspecified atom stereocenters. The van der Waals surface area contributed by atoms with Crippen LogP contribution >= 0.6 is 0 Å². The van der Waals surface area contributed by atoms with Crippen LogP contribution in [0, 0.1) is 17.0 Å². The van der Waals surface area contributed by atoms with E-state index in [-0.39, 0.29) is 50.0 Å². The van der Waals surface area contributed by atoms with Crippen LogP contribution < -0.4 is 11.5 Å². The van der Waals surface area contributed by atoms with Gasteiger partial charge in [0, 0.05) is 55.9 Å². The molecule has 51 heavy (non-hydrogen) atoms. The number of alkyl halides is 1. The van der Waals surface area contributed by atoms with Gasteiger partial charge in [-0.05, 0) is 61.4 Å². The standard InChI is InChI=1S/C38H47F3N6O4/c1-38(2,3)36(37-44-30(28-21-26(40)12-13-29(28)41)24-45(37)23-25-9-5-4-6-10-25)46(20-18-27(43)22-39)33(49)15-14-32(48)31(11-7-8-19-42)47-34(50)16-17-35(47)51/h4-6,9-10,12-13,16-17,21,24,27,31,36H,7-8,11,14-15,18-20,22-23,42-43H2,1-3H3/t27-,31-,36-/m0/s1. The van der Waals surface area contributed by atoms with E-state index in [1.807, 2.05) is 51.1 Å². The van der Waals surface area contributed by atoms with Gasteiger partial charge in [0.2, 0.25) is 5.91 Å². The van der Waals surface area contributed by atoms with Crippen molar-refractivity contribution >= 4 is 23.5 Å². The van der Waals surface area contributed by atoms with Crippen LogP contribution in [0.15, 0.2) is 66.9 Å². The minimum atomic E-state index is -1.06. The Morgan fingerprint density at radius 3 is 2.27 bits per heavy atom. The summed E-state index contributed by atoms with van der Waals surface area (Å²) in [5, 5.41) is 0. The SMILES string of the molecule is CC(C)(C)[C@H](c1nc(-c2cc(F)ccc2F)cn1Cc1ccccc1)N(CC[C@H](N)CF)C(=O)CCC(=O)[C@H](CCCCN)N1C(=O)C=CC1=O. The molecule has 0 fully saturated rings. The van der Waals surface area contributed by atoms with Crippen LogP contribution in [0.2, 0.25) is 0 Å². The number of aromatic nitrogens is 2. The lowest BCUT2D eigenvalue weighted by Gasteiger charge is -2.40. The first-order valence-corrected chi connectivity index (χ1v) is 17.2. The average Bonchev–Trinajstić information content (AvgIpc) is 3.65. The van der Waals surface area contributed by atoms with Gasteiger partial charge >= 0.3 is 0 Å². The minimum absolute atomic E-state index is 0.00878. The summed E-state index contributed by atoms with van der Waals surface area (Å²) >= 11 is 0. The topological polar surface area (TPSA) is 145 Å². The Balaban J connectivity index is 1.74. The van der Waals surface area contributed by atoms with Gasteiger partial charge < -0.3 is 20.9 Å². The Morgan fingerprint density at radius 2 is 1.65 bits per heavy atom. The quantitative estimate of drug-likeness (QED) is 0.136. The van der Waals surface area contributed by atoms with Gasteiger partial charge in [0.05, 0.1) is 17.8 Å². The van der Waals surface area contributed by atoms with Crippen molar-refractivity contribution in [1.29, 1.82) is 0 Å². The zero-order valence-corrected chi connectivity index (χ0v) is 29.4. The number of rotatable bonds is 18. The molecule has 3 amide bonds. The molecule has 0 saturated carbocycles. The number of unbranched alkanes of at least 4 members (excludes halogenated alkanes) is 1. The number of amides is 3. The van der Waals surface area contributed by atoms with Crippen molar-refractivity contribution in [1.82, 2.24) is 19.4 Å². The van der Waals surface area contributed by atoms with Crippen molar-refractivity contribution in [2.24, 2.45) is 16.9 Å². The van der Waals surface area contributed by atoms with E-state index in [1.54, 1.807) is 10.8 Å². The van der Waals surface area contributed by atoms with Crippen molar-refractivity contribution in [3.63, 3.8) is 0 Å². The number of carbonyl (C=O) groups excluding carboxylic acids is 4. The van der Waals surface area contributed by atoms with Crippen molar-refractivity contribution < 1.29 is 32.3 Å². The monoisotopic (exact) mass is 708 g/mol. The first-order valence-electron chi connectivity index (χ1n) is 17.2. The van der Waals surface area contributed by atoms with Gasteiger partial charge in [-0.3, -0.25) is 24.1 Å². The molecule has 274 valence electrons. The predicted octanol–water partition coefficient (Wildman–Crippen LogP) is 5.25. The fourth-order valence-corrected chi connectivity index (χ4v) is 6.33. The molecular weight excluding hydrogens is 661 g/mol. The van der Waals surface area contributed by atoms with Crippen LogP contribution in [0.4, 0.5) is 13.2 Å². The van der Waals surface area contributed by atoms with Gasteiger partial charge in [0.15, 0.2) is 5.78 Å². The molecular formula is C38H47F3N6O4. The maximum atomic E-state index is 15.1. The molecule has 0 aliphatic carbocycles. The zero-order chi connectivity index (χ0) is 37.3. The minimum Gasteiger partial charge on any atom is -0.332 e. The first-order chi connectivity index (χ1) is 24.2. The number of hydrogen-bond acceptors (Lipinski definition) is 7. The number of imide groups is 1. The van der Waals surface area contributed by atoms with Crippen LogP contribution in [0.3, 0.4) is 0 Å². The Kier molecular flexibility index (Phi) is 13.5. The third-order valence-electron chi connectivity index (χ3n) is 8.89. The van der Waals surface area contributed by atoms with Crippen molar-refractivity contribution in [2.45, 2.75) is 84.0 Å². The van der Waals surface area contributed by atoms with Crippen LogP contribution in [-0.4, -0.2) is 74.7 Å². The number of halogens is 3. The Labute approximate surface area is 296 Å². The molecule has 2 aromatic carbocycles. The number of hydrogen-bond donors (Lipinski definition) is 2. The van der Waals surface area contributed by atoms with Crippen molar-refractivity contribution in [2.75, 3.05) is 19.8 Å². The molecule has 2 heterocycles. The maximum absolute atomic E-state index is 15.1. The number of ketones is 1. The lowest BCUT2D eigenvalue weighted by Crippen LogP contribution is -2.46. The molecule has 0 spiro atoms. The van der Waals surface area contributed by atoms with E-state index in [0.717, 1.165) is 40.8 Å². The lowest BCUT2D eigenvalue weighted by molar-refractivity contribution is -0.145. The smallest absolute Gasteiger partial charge is 0.254 e. The fraction of sp³-hybridized carbons (Fsp3) is 0.447. The van der Waals surface area contributed by atoms with Gasteiger partial charge in [-0.25, -0.2) is 18.2 Å². The molecule has 1 aliphatic rings. The van der Waals surface area contributed by atoms with Gasteiger partial charge in [-0.2, -0.15) is 0 Å². The molecule has 1 aliphatic heterocycles. The third kappa shape index (κ3) is 10.0. The molecule has 4 rings (SSSR count). The Morgan fingerprint density at radius 1 is 0.961 bits per heavy atom. The molecule has 0 bridgehead atoms. The summed E-state index contributed by atoms with van der Waals surface area (Å²) in [6.07, 6.45) is 4.67. The zero-order valence-electron chi connectivity index (χ0n) is 29.4. The van der Waals surface area contributed by atoms with Crippen LogP contribution in [0.5, 0.6) is 0 Å². The van der Waals surface area contributed by atoms with Gasteiger partial charge in [0.25, 0.3) is 11.8 Å². The van der Waals surface area contributed by atoms with E-state index in [2.05, 4.69) is 0 Å². The summed E-state index contributed by atoms with van der Waals surface area (Å²) in [5.41, 5.74) is 11.9. The van der Waals surface area contributed by atoms with E-state index >= 15 is 4.39 Å². The van der Waals surface area contributed by atoms with Crippen LogP contribution in [0.25, 0.3) is 11.3 Å². The maximum Gasteiger partial charge on any atom is 0.254 e. The molecule has 0 saturated heterocycles. The molecule has 4 N–H and O–H groups in total. The number of carbonyl (C=O) groups is 4. The Bertz CT molecular complexity index is 1700. The van der Waals surface area contributed by atoms with E-state index < -0.39 is 65.4 Å². The number of benzene rings is 2. The second-order valence-electron chi connectivity index (χ2n) is 13.9. The first kappa shape index (κ1) is 39.2. The van der Waals surface area contributed by atoms with Crippen molar-refractivity contribution in [3.8, 4) is 11.3 Å². The molecule has 13 heteroatoms. The number of nitrogens with zero attached hydrogens (tertiary/aromatic N) is 4. The van der Waals surface area contributed by atoms with E-state index in [0.29, 0.717) is 25.2 Å². The summed E-state index contributed by atoms with van der Waals surface area (Å²) in [5.74, 6) is -3.05. The highest BCUT2D eigenvalue weighted by atomic mass is 19.1. The van der Waals surface area contributed by atoms with Gasteiger partial charge in [-0.15, -0.1) is 0 Å². The summed E-state index contributed by atoms with van der Waals surface area (Å²) < 4.78 is 44.8. The van der Waals surface area contributed by atoms with Gasteiger partial charge in [-0.1, -0.05) is 51.1 Å². The number of Topliss-reactive ketones (excluding diaryl/α,β-unsaturated/α-hetero) is 1. The highest BCUT2D eigenvalue weighted by molar-refractivity contribution is 6.15. The lowest BCUT2D eigenvalue weighted by atomic mass is 9.84. The van der Waals surface area contributed by atoms with E-state index in [4.69, 9.17) is 16.5 Å². The largest absolute Gasteiger partial charge is 0.332 e. The normalized spacial score (nSPS) is 14.9. The summed E-state index contributed by atoms with van der Waals surface area (Å²) in [4.78, 5) is 60.3. The number of imidazole rings is 1. The molecule has 3 atom stereocenters. The van der Waals surface area contributed by atoms with Gasteiger partial charge in [0.1, 0.15) is 24.1 Å². The van der Waals surface area contributed by atoms with Crippen LogP contribution in [-0.2, 0) is 25.7 Å². The third-order valence-corrected chi connectivity index (χ3v) is 8.89. The molecule has 0 radical (unpaired) electrons. The van der Waals surface area contributed by atoms with Crippen LogP contribution in [0.1, 0.15) is 76.7 Å². The highest BCUT2D eigenvalue weighted by Gasteiger charge is 2.40. The highest BCUT2D eigenvalue weighted by Crippen LogP contribution is 2.40. The summed E-state index contributed by atoms with van der Waals surface area (Å²) in [6, 6.07) is 9.80. The van der Waals surface area contributed by atoms with E-state index in [9.17, 15) is 28.0 Å². The number of nitrogens with two attached hydrogens (primary N) is 2. The summed E-state index contributed by atoms with van der Waals surface area (Å²) in [6.45, 7) is 5.54.